The summed E-state index contributed by atoms with van der Waals surface area (Å²) in [6.45, 7) is 3.35. The minimum Gasteiger partial charge on any atom is -0.492 e. The Hall–Kier alpha value is -0.610. The van der Waals surface area contributed by atoms with Gasteiger partial charge in [0, 0.05) is 5.41 Å². The molecule has 1 saturated heterocycles. The Bertz CT molecular complexity index is 365. The van der Waals surface area contributed by atoms with Gasteiger partial charge in [-0.05, 0) is 33.6 Å². The van der Waals surface area contributed by atoms with E-state index in [1.807, 2.05) is 6.07 Å². The maximum absolute atomic E-state index is 13.6. The molecule has 0 radical (unpaired) electrons. The Balaban J connectivity index is 2.43. The molecule has 0 aliphatic carbocycles. The second-order valence-electron chi connectivity index (χ2n) is 4.03. The molecular formula is C11H12BrFO2. The molecular weight excluding hydrogens is 263 g/mol. The summed E-state index contributed by atoms with van der Waals surface area (Å²) in [5.41, 5.74) is 0.884. The van der Waals surface area contributed by atoms with Crippen LogP contribution in [0, 0.1) is 5.82 Å². The largest absolute Gasteiger partial charge is 0.492 e. The molecule has 0 atom stereocenters. The molecule has 1 fully saturated rings. The summed E-state index contributed by atoms with van der Waals surface area (Å²) in [7, 11) is 1.46. The van der Waals surface area contributed by atoms with Gasteiger partial charge in [0.05, 0.1) is 24.8 Å². The predicted octanol–water partition coefficient (Wildman–Crippen LogP) is 2.88. The van der Waals surface area contributed by atoms with Crippen LogP contribution < -0.4 is 4.74 Å². The molecule has 1 heterocycles. The highest BCUT2D eigenvalue weighted by Crippen LogP contribution is 2.37. The molecule has 0 bridgehead atoms. The van der Waals surface area contributed by atoms with Gasteiger partial charge in [0.2, 0.25) is 0 Å². The number of rotatable bonds is 2. The van der Waals surface area contributed by atoms with Gasteiger partial charge < -0.3 is 9.47 Å². The molecule has 1 aliphatic rings. The maximum Gasteiger partial charge on any atom is 0.168 e. The summed E-state index contributed by atoms with van der Waals surface area (Å²) >= 11 is 3.30. The SMILES string of the molecule is COc1c(F)cc(C2(C)COC2)cc1Br. The van der Waals surface area contributed by atoms with Gasteiger partial charge in [0.25, 0.3) is 0 Å². The highest BCUT2D eigenvalue weighted by Gasteiger charge is 2.36. The molecule has 1 aliphatic heterocycles. The molecule has 2 nitrogen and oxygen atoms in total. The van der Waals surface area contributed by atoms with Crippen molar-refractivity contribution in [3.63, 3.8) is 0 Å². The zero-order valence-corrected chi connectivity index (χ0v) is 10.2. The van der Waals surface area contributed by atoms with E-state index in [1.165, 1.54) is 13.2 Å². The quantitative estimate of drug-likeness (QED) is 0.826. The average molecular weight is 275 g/mol. The summed E-state index contributed by atoms with van der Waals surface area (Å²) in [4.78, 5) is 0. The van der Waals surface area contributed by atoms with Gasteiger partial charge in [-0.3, -0.25) is 0 Å². The van der Waals surface area contributed by atoms with E-state index in [4.69, 9.17) is 9.47 Å². The molecule has 0 aromatic heterocycles. The van der Waals surface area contributed by atoms with Crippen molar-refractivity contribution in [3.8, 4) is 5.75 Å². The maximum atomic E-state index is 13.6. The smallest absolute Gasteiger partial charge is 0.168 e. The van der Waals surface area contributed by atoms with Gasteiger partial charge >= 0.3 is 0 Å². The van der Waals surface area contributed by atoms with Gasteiger partial charge in [0.15, 0.2) is 11.6 Å². The number of benzene rings is 1. The van der Waals surface area contributed by atoms with Gasteiger partial charge in [-0.15, -0.1) is 0 Å². The molecule has 0 unspecified atom stereocenters. The minimum absolute atomic E-state index is 0.0599. The molecule has 0 saturated carbocycles. The first-order valence-electron chi connectivity index (χ1n) is 4.68. The lowest BCUT2D eigenvalue weighted by Crippen LogP contribution is -2.43. The molecule has 2 rings (SSSR count). The topological polar surface area (TPSA) is 18.5 Å². The number of methoxy groups -OCH3 is 1. The molecule has 1 aromatic rings. The summed E-state index contributed by atoms with van der Waals surface area (Å²) in [5, 5.41) is 0. The van der Waals surface area contributed by atoms with E-state index in [0.717, 1.165) is 5.56 Å². The highest BCUT2D eigenvalue weighted by molar-refractivity contribution is 9.10. The van der Waals surface area contributed by atoms with Crippen LogP contribution in [-0.4, -0.2) is 20.3 Å². The van der Waals surface area contributed by atoms with Gasteiger partial charge in [-0.1, -0.05) is 6.92 Å². The van der Waals surface area contributed by atoms with Crippen LogP contribution in [0.4, 0.5) is 4.39 Å². The highest BCUT2D eigenvalue weighted by atomic mass is 79.9. The van der Waals surface area contributed by atoms with Crippen molar-refractivity contribution in [1.29, 1.82) is 0 Å². The van der Waals surface area contributed by atoms with Gasteiger partial charge in [0.1, 0.15) is 0 Å². The Kier molecular flexibility index (Phi) is 2.73. The third-order valence-electron chi connectivity index (χ3n) is 2.74. The van der Waals surface area contributed by atoms with E-state index in [2.05, 4.69) is 22.9 Å². The van der Waals surface area contributed by atoms with Crippen LogP contribution in [0.5, 0.6) is 5.75 Å². The van der Waals surface area contributed by atoms with Crippen molar-refractivity contribution < 1.29 is 13.9 Å². The average Bonchev–Trinajstić information content (AvgIpc) is 2.13. The van der Waals surface area contributed by atoms with E-state index < -0.39 is 0 Å². The lowest BCUT2D eigenvalue weighted by Gasteiger charge is -2.38. The predicted molar refractivity (Wildman–Crippen MR) is 58.8 cm³/mol. The summed E-state index contributed by atoms with van der Waals surface area (Å²) in [6.07, 6.45) is 0. The van der Waals surface area contributed by atoms with Crippen molar-refractivity contribution in [2.45, 2.75) is 12.3 Å². The van der Waals surface area contributed by atoms with Crippen molar-refractivity contribution in [2.75, 3.05) is 20.3 Å². The van der Waals surface area contributed by atoms with E-state index in [0.29, 0.717) is 17.7 Å². The molecule has 0 N–H and O–H groups in total. The Morgan fingerprint density at radius 2 is 2.13 bits per heavy atom. The van der Waals surface area contributed by atoms with E-state index in [9.17, 15) is 4.39 Å². The van der Waals surface area contributed by atoms with Crippen LogP contribution in [0.2, 0.25) is 0 Å². The van der Waals surface area contributed by atoms with Crippen molar-refractivity contribution >= 4 is 15.9 Å². The van der Waals surface area contributed by atoms with Gasteiger partial charge in [-0.25, -0.2) is 4.39 Å². The fourth-order valence-corrected chi connectivity index (χ4v) is 2.28. The minimum atomic E-state index is -0.338. The summed E-state index contributed by atoms with van der Waals surface area (Å²) in [6, 6.07) is 3.41. The first-order chi connectivity index (χ1) is 7.07. The number of hydrogen-bond acceptors (Lipinski definition) is 2. The van der Waals surface area contributed by atoms with Crippen LogP contribution in [0.1, 0.15) is 12.5 Å². The van der Waals surface area contributed by atoms with Crippen molar-refractivity contribution in [1.82, 2.24) is 0 Å². The Morgan fingerprint density at radius 1 is 1.47 bits per heavy atom. The Morgan fingerprint density at radius 3 is 2.53 bits per heavy atom. The van der Waals surface area contributed by atoms with Crippen molar-refractivity contribution in [3.05, 3.63) is 28.0 Å². The second-order valence-corrected chi connectivity index (χ2v) is 4.88. The zero-order chi connectivity index (χ0) is 11.1. The van der Waals surface area contributed by atoms with Crippen LogP contribution in [0.3, 0.4) is 0 Å². The van der Waals surface area contributed by atoms with E-state index >= 15 is 0 Å². The molecule has 4 heteroatoms. The fraction of sp³-hybridized carbons (Fsp3) is 0.455. The number of halogens is 2. The molecule has 0 amide bonds. The Labute approximate surface area is 96.5 Å². The number of hydrogen-bond donors (Lipinski definition) is 0. The van der Waals surface area contributed by atoms with Gasteiger partial charge in [-0.2, -0.15) is 0 Å². The molecule has 0 spiro atoms. The monoisotopic (exact) mass is 274 g/mol. The fourth-order valence-electron chi connectivity index (χ4n) is 1.68. The zero-order valence-electron chi connectivity index (χ0n) is 8.64. The molecule has 15 heavy (non-hydrogen) atoms. The first kappa shape index (κ1) is 10.9. The van der Waals surface area contributed by atoms with Crippen LogP contribution >= 0.6 is 15.9 Å². The van der Waals surface area contributed by atoms with Crippen LogP contribution in [-0.2, 0) is 10.2 Å². The molecule has 1 aromatic carbocycles. The lowest BCUT2D eigenvalue weighted by atomic mass is 9.81. The van der Waals surface area contributed by atoms with Crippen LogP contribution in [0.15, 0.2) is 16.6 Å². The summed E-state index contributed by atoms with van der Waals surface area (Å²) < 4.78 is 24.4. The number of ether oxygens (including phenoxy) is 2. The van der Waals surface area contributed by atoms with Crippen LogP contribution in [0.25, 0.3) is 0 Å². The first-order valence-corrected chi connectivity index (χ1v) is 5.47. The third kappa shape index (κ3) is 1.76. The second kappa shape index (κ2) is 3.76. The third-order valence-corrected chi connectivity index (χ3v) is 3.33. The normalized spacial score (nSPS) is 18.4. The van der Waals surface area contributed by atoms with E-state index in [-0.39, 0.29) is 17.0 Å². The standard InChI is InChI=1S/C11H12BrFO2/c1-11(5-15-6-11)7-3-8(12)10(14-2)9(13)4-7/h3-4H,5-6H2,1-2H3. The van der Waals surface area contributed by atoms with E-state index in [1.54, 1.807) is 0 Å². The lowest BCUT2D eigenvalue weighted by molar-refractivity contribution is -0.0501. The summed E-state index contributed by atoms with van der Waals surface area (Å²) in [5.74, 6) is -0.0856. The van der Waals surface area contributed by atoms with Crippen molar-refractivity contribution in [2.24, 2.45) is 0 Å². The molecule has 82 valence electrons.